The van der Waals surface area contributed by atoms with E-state index >= 15 is 0 Å². The molecule has 1 fully saturated rings. The van der Waals surface area contributed by atoms with Crippen molar-refractivity contribution < 1.29 is 18.0 Å². The van der Waals surface area contributed by atoms with Crippen LogP contribution in [0.4, 0.5) is 11.5 Å². The molecule has 1 atom stereocenters. The largest absolute Gasteiger partial charge is 0.381 e. The van der Waals surface area contributed by atoms with E-state index in [0.717, 1.165) is 24.7 Å². The molecule has 0 spiro atoms. The number of hydrogen-bond acceptors (Lipinski definition) is 7. The lowest BCUT2D eigenvalue weighted by molar-refractivity contribution is 0.0698. The third-order valence-electron chi connectivity index (χ3n) is 6.58. The van der Waals surface area contributed by atoms with E-state index in [1.807, 2.05) is 31.7 Å². The molecule has 12 heteroatoms. The van der Waals surface area contributed by atoms with Crippen LogP contribution in [0.3, 0.4) is 0 Å². The number of nitrogens with two attached hydrogens (primary N) is 1. The predicted octanol–water partition coefficient (Wildman–Crippen LogP) is 2.24. The van der Waals surface area contributed by atoms with Crippen LogP contribution in [0.15, 0.2) is 24.4 Å². The van der Waals surface area contributed by atoms with Crippen molar-refractivity contribution in [3.63, 3.8) is 0 Å². The maximum absolute atomic E-state index is 13.3. The van der Waals surface area contributed by atoms with Gasteiger partial charge in [-0.2, -0.15) is 0 Å². The minimum Gasteiger partial charge on any atom is -0.381 e. The first kappa shape index (κ1) is 24.0. The quantitative estimate of drug-likeness (QED) is 0.440. The molecule has 36 heavy (non-hydrogen) atoms. The molecule has 2 aromatic heterocycles. The van der Waals surface area contributed by atoms with E-state index in [0.29, 0.717) is 29.3 Å². The van der Waals surface area contributed by atoms with Gasteiger partial charge in [0.15, 0.2) is 11.5 Å². The summed E-state index contributed by atoms with van der Waals surface area (Å²) >= 11 is 0. The summed E-state index contributed by atoms with van der Waals surface area (Å²) in [4.78, 5) is 32.5. The van der Waals surface area contributed by atoms with Crippen molar-refractivity contribution in [2.24, 2.45) is 5.92 Å². The summed E-state index contributed by atoms with van der Waals surface area (Å²) in [5.41, 5.74) is 8.86. The molecule has 1 aliphatic heterocycles. The van der Waals surface area contributed by atoms with E-state index in [1.165, 1.54) is 4.52 Å². The first-order valence-corrected chi connectivity index (χ1v) is 13.7. The van der Waals surface area contributed by atoms with Gasteiger partial charge in [0.2, 0.25) is 10.0 Å². The highest BCUT2D eigenvalue weighted by Gasteiger charge is 2.40. The average molecular weight is 512 g/mol. The van der Waals surface area contributed by atoms with Crippen molar-refractivity contribution in [1.29, 1.82) is 0 Å². The molecule has 11 nitrogen and oxygen atoms in total. The number of hydrogen-bond donors (Lipinski definition) is 3. The topological polar surface area (TPSA) is 152 Å². The molecule has 0 bridgehead atoms. The summed E-state index contributed by atoms with van der Waals surface area (Å²) in [6.45, 7) is 6.11. The van der Waals surface area contributed by atoms with Crippen molar-refractivity contribution in [2.45, 2.75) is 52.2 Å². The summed E-state index contributed by atoms with van der Waals surface area (Å²) in [6.07, 6.45) is 4.87. The summed E-state index contributed by atoms with van der Waals surface area (Å²) < 4.78 is 28.2. The van der Waals surface area contributed by atoms with Gasteiger partial charge in [0.25, 0.3) is 11.8 Å². The van der Waals surface area contributed by atoms with E-state index in [4.69, 9.17) is 5.73 Å². The second-order valence-corrected chi connectivity index (χ2v) is 11.7. The van der Waals surface area contributed by atoms with Crippen LogP contribution in [-0.4, -0.2) is 58.1 Å². The van der Waals surface area contributed by atoms with Gasteiger partial charge in [0, 0.05) is 30.4 Å². The van der Waals surface area contributed by atoms with Gasteiger partial charge in [-0.3, -0.25) is 14.3 Å². The van der Waals surface area contributed by atoms with Gasteiger partial charge in [-0.1, -0.05) is 0 Å². The van der Waals surface area contributed by atoms with Crippen molar-refractivity contribution >= 4 is 39.0 Å². The minimum atomic E-state index is -3.65. The molecule has 0 radical (unpaired) electrons. The monoisotopic (exact) mass is 511 g/mol. The molecule has 1 saturated carbocycles. The Hall–Kier alpha value is -3.67. The molecule has 1 aromatic carbocycles. The Kier molecular flexibility index (Phi) is 5.66. The molecule has 2 amide bonds. The lowest BCUT2D eigenvalue weighted by Gasteiger charge is -2.24. The molecule has 2 aliphatic rings. The number of carbonyl (C=O) groups is 2. The fraction of sp³-hybridized carbons (Fsp3) is 0.417. The lowest BCUT2D eigenvalue weighted by atomic mass is 10.0. The SMILES string of the molecule is CC(C)NC(=O)c1c(N)nn2ccc(-c3cc4c(c(NS(C)(=O)=O)c3)C(=O)N([C@@H](C)C3CC3)C4)nc12. The molecule has 190 valence electrons. The molecule has 5 rings (SSSR count). The smallest absolute Gasteiger partial charge is 0.259 e. The zero-order valence-electron chi connectivity index (χ0n) is 20.6. The molecule has 3 heterocycles. The van der Waals surface area contributed by atoms with Crippen LogP contribution in [0.1, 0.15) is 59.9 Å². The van der Waals surface area contributed by atoms with Crippen LogP contribution in [0, 0.1) is 5.92 Å². The zero-order valence-corrected chi connectivity index (χ0v) is 21.4. The summed E-state index contributed by atoms with van der Waals surface area (Å²) in [6, 6.07) is 5.14. The van der Waals surface area contributed by atoms with E-state index in [9.17, 15) is 18.0 Å². The lowest BCUT2D eigenvalue weighted by Crippen LogP contribution is -2.34. The zero-order chi connectivity index (χ0) is 25.9. The highest BCUT2D eigenvalue weighted by molar-refractivity contribution is 7.92. The first-order valence-electron chi connectivity index (χ1n) is 11.8. The number of nitrogens with one attached hydrogen (secondary N) is 2. The summed E-state index contributed by atoms with van der Waals surface area (Å²) in [5.74, 6) is -0.0325. The molecule has 0 unspecified atom stereocenters. The maximum atomic E-state index is 13.3. The van der Waals surface area contributed by atoms with Crippen LogP contribution in [-0.2, 0) is 16.6 Å². The number of fused-ring (bicyclic) bond motifs is 2. The normalized spacial score (nSPS) is 16.5. The van der Waals surface area contributed by atoms with Gasteiger partial charge < -0.3 is 16.0 Å². The Morgan fingerprint density at radius 1 is 1.22 bits per heavy atom. The summed E-state index contributed by atoms with van der Waals surface area (Å²) in [5, 5.41) is 7.00. The van der Waals surface area contributed by atoms with Gasteiger partial charge in [-0.05, 0) is 63.3 Å². The number of rotatable bonds is 7. The van der Waals surface area contributed by atoms with Crippen LogP contribution >= 0.6 is 0 Å². The number of amides is 2. The van der Waals surface area contributed by atoms with Gasteiger partial charge in [0.05, 0.1) is 23.2 Å². The Bertz CT molecular complexity index is 1510. The molecule has 0 saturated heterocycles. The maximum Gasteiger partial charge on any atom is 0.259 e. The number of nitrogen functional groups attached to an aromatic ring is 1. The van der Waals surface area contributed by atoms with Crippen molar-refractivity contribution in [3.05, 3.63) is 41.1 Å². The number of anilines is 2. The summed E-state index contributed by atoms with van der Waals surface area (Å²) in [7, 11) is -3.65. The minimum absolute atomic E-state index is 0.0569. The Labute approximate surface area is 209 Å². The standard InChI is InChI=1S/C24H29N7O4S/c1-12(2)26-23(32)20-21(25)28-31-8-7-17(27-22(20)31)15-9-16-11-30(13(3)14-5-6-14)24(33)19(16)18(10-15)29-36(4,34)35/h7-10,12-14,29H,5-6,11H2,1-4H3,(H2,25,28)(H,26,32)/t13-/m0/s1. The number of aromatic nitrogens is 3. The molecular weight excluding hydrogens is 482 g/mol. The van der Waals surface area contributed by atoms with E-state index in [2.05, 4.69) is 20.1 Å². The highest BCUT2D eigenvalue weighted by Crippen LogP contribution is 2.41. The Morgan fingerprint density at radius 2 is 1.94 bits per heavy atom. The number of benzene rings is 1. The van der Waals surface area contributed by atoms with Gasteiger partial charge in [-0.25, -0.2) is 17.9 Å². The second-order valence-electron chi connectivity index (χ2n) is 9.91. The number of nitrogens with zero attached hydrogens (tertiary/aromatic N) is 4. The second kappa shape index (κ2) is 8.47. The molecule has 3 aromatic rings. The van der Waals surface area contributed by atoms with Crippen LogP contribution < -0.4 is 15.8 Å². The Balaban J connectivity index is 1.61. The van der Waals surface area contributed by atoms with E-state index < -0.39 is 10.0 Å². The van der Waals surface area contributed by atoms with Gasteiger partial charge in [-0.15, -0.1) is 5.10 Å². The van der Waals surface area contributed by atoms with Crippen molar-refractivity contribution in [3.8, 4) is 11.3 Å². The van der Waals surface area contributed by atoms with Crippen LogP contribution in [0.2, 0.25) is 0 Å². The third kappa shape index (κ3) is 4.36. The van der Waals surface area contributed by atoms with Crippen LogP contribution in [0.25, 0.3) is 16.9 Å². The first-order chi connectivity index (χ1) is 16.9. The van der Waals surface area contributed by atoms with E-state index in [1.54, 1.807) is 18.3 Å². The predicted molar refractivity (Wildman–Crippen MR) is 136 cm³/mol. The highest BCUT2D eigenvalue weighted by atomic mass is 32.2. The number of carbonyl (C=O) groups excluding carboxylic acids is 2. The van der Waals surface area contributed by atoms with Crippen LogP contribution in [0.5, 0.6) is 0 Å². The Morgan fingerprint density at radius 3 is 2.58 bits per heavy atom. The van der Waals surface area contributed by atoms with Gasteiger partial charge in [0.1, 0.15) is 5.56 Å². The molecular formula is C24H29N7O4S. The fourth-order valence-corrected chi connectivity index (χ4v) is 5.29. The average Bonchev–Trinajstić information content (AvgIpc) is 3.49. The molecule has 1 aliphatic carbocycles. The third-order valence-corrected chi connectivity index (χ3v) is 7.17. The number of sulfonamides is 1. The van der Waals surface area contributed by atoms with Gasteiger partial charge >= 0.3 is 0 Å². The fourth-order valence-electron chi connectivity index (χ4n) is 4.73. The van der Waals surface area contributed by atoms with Crippen molar-refractivity contribution in [1.82, 2.24) is 24.8 Å². The van der Waals surface area contributed by atoms with Crippen molar-refractivity contribution in [2.75, 3.05) is 16.7 Å². The van der Waals surface area contributed by atoms with E-state index in [-0.39, 0.29) is 46.6 Å². The molecule has 4 N–H and O–H groups in total.